The average molecular weight is 187 g/mol. The fourth-order valence-electron chi connectivity index (χ4n) is 1.41. The van der Waals surface area contributed by atoms with Gasteiger partial charge in [0, 0.05) is 0 Å². The second kappa shape index (κ2) is 5.87. The van der Waals surface area contributed by atoms with Crippen molar-refractivity contribution in [3.63, 3.8) is 0 Å². The minimum Gasteiger partial charge on any atom is -0.316 e. The van der Waals surface area contributed by atoms with Gasteiger partial charge in [-0.25, -0.2) is 0 Å². The molecule has 0 aromatic carbocycles. The zero-order valence-corrected chi connectivity index (χ0v) is 9.12. The highest BCUT2D eigenvalue weighted by Crippen LogP contribution is 2.36. The van der Waals surface area contributed by atoms with Crippen molar-refractivity contribution in [1.29, 1.82) is 0 Å². The molecule has 12 heavy (non-hydrogen) atoms. The Hall–Kier alpha value is 0.310. The van der Waals surface area contributed by atoms with E-state index in [1.807, 2.05) is 11.8 Å². The van der Waals surface area contributed by atoms with Gasteiger partial charge in [-0.1, -0.05) is 13.8 Å². The summed E-state index contributed by atoms with van der Waals surface area (Å²) < 4.78 is 0. The first-order valence-corrected chi connectivity index (χ1v) is 6.28. The molecule has 0 heterocycles. The van der Waals surface area contributed by atoms with Crippen molar-refractivity contribution in [1.82, 2.24) is 5.32 Å². The van der Waals surface area contributed by atoms with Gasteiger partial charge in [0.25, 0.3) is 0 Å². The second-order valence-corrected chi connectivity index (χ2v) is 5.12. The van der Waals surface area contributed by atoms with Crippen molar-refractivity contribution in [2.45, 2.75) is 26.7 Å². The monoisotopic (exact) mass is 187 g/mol. The summed E-state index contributed by atoms with van der Waals surface area (Å²) in [6, 6.07) is 0. The Morgan fingerprint density at radius 3 is 2.83 bits per heavy atom. The van der Waals surface area contributed by atoms with Crippen LogP contribution in [0, 0.1) is 11.8 Å². The summed E-state index contributed by atoms with van der Waals surface area (Å²) in [5.41, 5.74) is 0. The van der Waals surface area contributed by atoms with E-state index in [0.717, 1.165) is 11.8 Å². The van der Waals surface area contributed by atoms with Crippen molar-refractivity contribution in [2.24, 2.45) is 11.8 Å². The first-order valence-electron chi connectivity index (χ1n) is 5.13. The van der Waals surface area contributed by atoms with Crippen LogP contribution in [-0.2, 0) is 0 Å². The summed E-state index contributed by atoms with van der Waals surface area (Å²) in [7, 11) is 0. The van der Waals surface area contributed by atoms with Gasteiger partial charge in [-0.3, -0.25) is 0 Å². The van der Waals surface area contributed by atoms with Gasteiger partial charge in [-0.05, 0) is 49.3 Å². The molecule has 0 aliphatic heterocycles. The smallest absolute Gasteiger partial charge is 0.00179 e. The Morgan fingerprint density at radius 2 is 2.25 bits per heavy atom. The molecule has 1 rings (SSSR count). The predicted molar refractivity (Wildman–Crippen MR) is 57.8 cm³/mol. The van der Waals surface area contributed by atoms with Gasteiger partial charge in [0.1, 0.15) is 0 Å². The lowest BCUT2D eigenvalue weighted by molar-refractivity contribution is 0.608. The fourth-order valence-corrected chi connectivity index (χ4v) is 2.05. The van der Waals surface area contributed by atoms with Crippen molar-refractivity contribution in [3.8, 4) is 0 Å². The number of rotatable bonds is 7. The predicted octanol–water partition coefficient (Wildman–Crippen LogP) is 2.38. The number of thioether (sulfide) groups is 1. The van der Waals surface area contributed by atoms with Gasteiger partial charge >= 0.3 is 0 Å². The maximum atomic E-state index is 3.52. The van der Waals surface area contributed by atoms with Crippen LogP contribution in [0.1, 0.15) is 26.7 Å². The minimum absolute atomic E-state index is 1.00. The third-order valence-electron chi connectivity index (χ3n) is 2.53. The Labute approximate surface area is 80.7 Å². The van der Waals surface area contributed by atoms with Crippen molar-refractivity contribution >= 4 is 11.8 Å². The standard InChI is InChI=1S/C10H21NS/c1-3-12-6-4-5-11-8-10-7-9(10)2/h9-11H,3-8H2,1-2H3. The highest BCUT2D eigenvalue weighted by molar-refractivity contribution is 7.99. The van der Waals surface area contributed by atoms with Gasteiger partial charge in [0.15, 0.2) is 0 Å². The van der Waals surface area contributed by atoms with Crippen LogP contribution < -0.4 is 5.32 Å². The number of nitrogens with one attached hydrogen (secondary N) is 1. The SMILES string of the molecule is CCSCCCNCC1CC1C. The molecule has 0 aromatic heterocycles. The van der Waals surface area contributed by atoms with E-state index < -0.39 is 0 Å². The third-order valence-corrected chi connectivity index (χ3v) is 3.51. The summed E-state index contributed by atoms with van der Waals surface area (Å²) in [5, 5.41) is 3.52. The molecule has 2 heteroatoms. The van der Waals surface area contributed by atoms with Crippen LogP contribution in [0.2, 0.25) is 0 Å². The van der Waals surface area contributed by atoms with Gasteiger partial charge < -0.3 is 5.32 Å². The van der Waals surface area contributed by atoms with Crippen LogP contribution in [0.3, 0.4) is 0 Å². The van der Waals surface area contributed by atoms with Gasteiger partial charge in [-0.2, -0.15) is 11.8 Å². The minimum atomic E-state index is 1.00. The molecule has 1 fully saturated rings. The molecule has 1 nitrogen and oxygen atoms in total. The first kappa shape index (κ1) is 10.4. The maximum Gasteiger partial charge on any atom is -0.00179 e. The van der Waals surface area contributed by atoms with E-state index in [2.05, 4.69) is 19.2 Å². The molecule has 0 radical (unpaired) electrons. The molecule has 1 N–H and O–H groups in total. The number of hydrogen-bond donors (Lipinski definition) is 1. The molecule has 1 aliphatic carbocycles. The number of hydrogen-bond acceptors (Lipinski definition) is 2. The highest BCUT2D eigenvalue weighted by Gasteiger charge is 2.31. The molecular formula is C10H21NS. The molecule has 2 unspecified atom stereocenters. The van der Waals surface area contributed by atoms with Crippen LogP contribution in [0.4, 0.5) is 0 Å². The summed E-state index contributed by atoms with van der Waals surface area (Å²) >= 11 is 2.04. The summed E-state index contributed by atoms with van der Waals surface area (Å²) in [5.74, 6) is 4.59. The van der Waals surface area contributed by atoms with E-state index in [4.69, 9.17) is 0 Å². The largest absolute Gasteiger partial charge is 0.316 e. The van der Waals surface area contributed by atoms with Crippen LogP contribution in [0.15, 0.2) is 0 Å². The fraction of sp³-hybridized carbons (Fsp3) is 1.00. The van der Waals surface area contributed by atoms with E-state index in [1.54, 1.807) is 0 Å². The lowest BCUT2D eigenvalue weighted by Crippen LogP contribution is -2.19. The normalized spacial score (nSPS) is 27.5. The van der Waals surface area contributed by atoms with Crippen molar-refractivity contribution in [3.05, 3.63) is 0 Å². The maximum absolute atomic E-state index is 3.52. The lowest BCUT2D eigenvalue weighted by atomic mass is 10.3. The van der Waals surface area contributed by atoms with E-state index in [0.29, 0.717) is 0 Å². The summed E-state index contributed by atoms with van der Waals surface area (Å²) in [4.78, 5) is 0. The topological polar surface area (TPSA) is 12.0 Å². The van der Waals surface area contributed by atoms with E-state index in [-0.39, 0.29) is 0 Å². The lowest BCUT2D eigenvalue weighted by Gasteiger charge is -2.02. The van der Waals surface area contributed by atoms with Crippen LogP contribution >= 0.6 is 11.8 Å². The molecule has 0 bridgehead atoms. The zero-order valence-electron chi connectivity index (χ0n) is 8.31. The van der Waals surface area contributed by atoms with E-state index >= 15 is 0 Å². The molecule has 1 aliphatic rings. The van der Waals surface area contributed by atoms with Crippen LogP contribution in [0.5, 0.6) is 0 Å². The second-order valence-electron chi connectivity index (χ2n) is 3.73. The van der Waals surface area contributed by atoms with Gasteiger partial charge in [0.2, 0.25) is 0 Å². The first-order chi connectivity index (χ1) is 5.84. The zero-order chi connectivity index (χ0) is 8.81. The molecule has 0 saturated heterocycles. The third kappa shape index (κ3) is 4.36. The summed E-state index contributed by atoms with van der Waals surface area (Å²) in [6.45, 7) is 7.05. The summed E-state index contributed by atoms with van der Waals surface area (Å²) in [6.07, 6.45) is 2.79. The van der Waals surface area contributed by atoms with Gasteiger partial charge in [0.05, 0.1) is 0 Å². The van der Waals surface area contributed by atoms with E-state index in [1.165, 1.54) is 37.4 Å². The van der Waals surface area contributed by atoms with E-state index in [9.17, 15) is 0 Å². The molecule has 0 spiro atoms. The molecule has 0 amide bonds. The van der Waals surface area contributed by atoms with Crippen LogP contribution in [-0.4, -0.2) is 24.6 Å². The molecule has 1 saturated carbocycles. The van der Waals surface area contributed by atoms with Crippen molar-refractivity contribution < 1.29 is 0 Å². The molecule has 72 valence electrons. The van der Waals surface area contributed by atoms with Gasteiger partial charge in [-0.15, -0.1) is 0 Å². The van der Waals surface area contributed by atoms with Crippen molar-refractivity contribution in [2.75, 3.05) is 24.6 Å². The Balaban J connectivity index is 1.72. The quantitative estimate of drug-likeness (QED) is 0.614. The molecular weight excluding hydrogens is 166 g/mol. The van der Waals surface area contributed by atoms with Crippen LogP contribution in [0.25, 0.3) is 0 Å². The Morgan fingerprint density at radius 1 is 1.50 bits per heavy atom. The molecule has 2 atom stereocenters. The average Bonchev–Trinajstić information content (AvgIpc) is 2.74. The Bertz CT molecular complexity index is 116. The molecule has 0 aromatic rings. The highest BCUT2D eigenvalue weighted by atomic mass is 32.2. The Kier molecular flexibility index (Phi) is 5.08.